The van der Waals surface area contributed by atoms with E-state index in [1.165, 1.54) is 11.8 Å². The number of hydrogen-bond acceptors (Lipinski definition) is 6. The number of aliphatic hydroxyl groups is 1. The highest BCUT2D eigenvalue weighted by atomic mass is 35.5. The normalized spacial score (nSPS) is 16.7. The van der Waals surface area contributed by atoms with Gasteiger partial charge in [-0.1, -0.05) is 23.4 Å². The van der Waals surface area contributed by atoms with Crippen molar-refractivity contribution in [1.29, 1.82) is 0 Å². The van der Waals surface area contributed by atoms with Crippen LogP contribution in [0.4, 0.5) is 11.5 Å². The minimum atomic E-state index is -0.104. The number of nitrogens with zero attached hydrogens (tertiary/aromatic N) is 3. The van der Waals surface area contributed by atoms with Gasteiger partial charge in [-0.25, -0.2) is 9.97 Å². The molecule has 1 aliphatic rings. The molecule has 3 heterocycles. The third-order valence-corrected chi connectivity index (χ3v) is 6.45. The molecule has 0 aromatic carbocycles. The van der Waals surface area contributed by atoms with Gasteiger partial charge in [-0.3, -0.25) is 0 Å². The zero-order valence-electron chi connectivity index (χ0n) is 15.1. The molecule has 2 aromatic heterocycles. The topological polar surface area (TPSA) is 103 Å². The molecule has 1 aliphatic heterocycles. The summed E-state index contributed by atoms with van der Waals surface area (Å²) in [6.07, 6.45) is 3.68. The van der Waals surface area contributed by atoms with E-state index in [1.807, 2.05) is 13.0 Å². The van der Waals surface area contributed by atoms with E-state index in [0.717, 1.165) is 47.1 Å². The van der Waals surface area contributed by atoms with Crippen LogP contribution in [-0.4, -0.2) is 33.7 Å². The van der Waals surface area contributed by atoms with E-state index < -0.39 is 0 Å². The molecular formula is C18H25ClN5OS+. The summed E-state index contributed by atoms with van der Waals surface area (Å²) in [6.45, 7) is 5.97. The van der Waals surface area contributed by atoms with Crippen LogP contribution in [0.5, 0.6) is 0 Å². The van der Waals surface area contributed by atoms with E-state index in [0.29, 0.717) is 16.5 Å². The molecule has 140 valence electrons. The molecule has 8 heteroatoms. The standard InChI is InChI=1S/C18H24ClN5OS/c1-11-9-13(24-7-4-18(2,21)5-8-24)12(10-25)23-17(11)26-14-3-6-22-16(20)15(14)19/h3,6,9,25H,4-5,7-8,10,21H2,1-2H3,(H2,20,22)/p+1. The van der Waals surface area contributed by atoms with Crippen molar-refractivity contribution >= 4 is 34.9 Å². The molecule has 26 heavy (non-hydrogen) atoms. The highest BCUT2D eigenvalue weighted by Gasteiger charge is 2.30. The molecule has 1 saturated heterocycles. The molecule has 2 aromatic rings. The molecule has 1 fully saturated rings. The Bertz CT molecular complexity index is 804. The molecule has 0 spiro atoms. The lowest BCUT2D eigenvalue weighted by atomic mass is 9.90. The van der Waals surface area contributed by atoms with Gasteiger partial charge in [0.2, 0.25) is 0 Å². The van der Waals surface area contributed by atoms with Crippen LogP contribution < -0.4 is 16.4 Å². The Labute approximate surface area is 163 Å². The smallest absolute Gasteiger partial charge is 0.143 e. The molecule has 6 N–H and O–H groups in total. The zero-order valence-corrected chi connectivity index (χ0v) is 16.7. The average molecular weight is 395 g/mol. The van der Waals surface area contributed by atoms with Crippen molar-refractivity contribution in [3.63, 3.8) is 0 Å². The second-order valence-electron chi connectivity index (χ2n) is 7.14. The van der Waals surface area contributed by atoms with Crippen molar-refractivity contribution in [1.82, 2.24) is 9.97 Å². The maximum atomic E-state index is 9.87. The number of quaternary nitrogens is 1. The number of piperidine rings is 1. The number of pyridine rings is 2. The second-order valence-corrected chi connectivity index (χ2v) is 8.55. The fourth-order valence-electron chi connectivity index (χ4n) is 3.02. The van der Waals surface area contributed by atoms with E-state index in [-0.39, 0.29) is 12.1 Å². The zero-order chi connectivity index (χ0) is 18.9. The van der Waals surface area contributed by atoms with E-state index >= 15 is 0 Å². The number of aryl methyl sites for hydroxylation is 1. The van der Waals surface area contributed by atoms with Crippen LogP contribution in [0, 0.1) is 6.92 Å². The fraction of sp³-hybridized carbons (Fsp3) is 0.444. The first-order valence-electron chi connectivity index (χ1n) is 8.60. The minimum Gasteiger partial charge on any atom is -0.390 e. The van der Waals surface area contributed by atoms with Crippen molar-refractivity contribution in [2.24, 2.45) is 0 Å². The number of aromatic nitrogens is 2. The minimum absolute atomic E-state index is 0.104. The molecule has 0 unspecified atom stereocenters. The van der Waals surface area contributed by atoms with Crippen molar-refractivity contribution in [2.45, 2.75) is 48.8 Å². The van der Waals surface area contributed by atoms with Crippen LogP contribution in [0.25, 0.3) is 0 Å². The van der Waals surface area contributed by atoms with E-state index in [4.69, 9.17) is 22.3 Å². The highest BCUT2D eigenvalue weighted by molar-refractivity contribution is 7.99. The number of halogens is 1. The van der Waals surface area contributed by atoms with Crippen LogP contribution >= 0.6 is 23.4 Å². The molecule has 6 nitrogen and oxygen atoms in total. The lowest BCUT2D eigenvalue weighted by molar-refractivity contribution is -0.475. The molecule has 0 bridgehead atoms. The molecule has 0 saturated carbocycles. The fourth-order valence-corrected chi connectivity index (χ4v) is 4.16. The number of rotatable bonds is 4. The van der Waals surface area contributed by atoms with Crippen LogP contribution in [-0.2, 0) is 6.61 Å². The first-order chi connectivity index (χ1) is 12.3. The molecule has 0 atom stereocenters. The number of anilines is 2. The van der Waals surface area contributed by atoms with Gasteiger partial charge in [0.05, 0.1) is 28.5 Å². The van der Waals surface area contributed by atoms with Gasteiger partial charge in [0, 0.05) is 37.0 Å². The van der Waals surface area contributed by atoms with Gasteiger partial charge in [0.25, 0.3) is 0 Å². The molecule has 0 aliphatic carbocycles. The van der Waals surface area contributed by atoms with Gasteiger partial charge >= 0.3 is 0 Å². The van der Waals surface area contributed by atoms with Crippen molar-refractivity contribution in [3.05, 3.63) is 34.6 Å². The maximum absolute atomic E-state index is 9.87. The Kier molecular flexibility index (Phi) is 5.62. The predicted octanol–water partition coefficient (Wildman–Crippen LogP) is 2.26. The number of hydrogen-bond donors (Lipinski definition) is 3. The quantitative estimate of drug-likeness (QED) is 0.735. The van der Waals surface area contributed by atoms with Crippen molar-refractivity contribution < 1.29 is 10.8 Å². The van der Waals surface area contributed by atoms with Gasteiger partial charge in [0.15, 0.2) is 0 Å². The first-order valence-corrected chi connectivity index (χ1v) is 9.80. The average Bonchev–Trinajstić information content (AvgIpc) is 2.60. The van der Waals surface area contributed by atoms with Gasteiger partial charge in [-0.2, -0.15) is 0 Å². The van der Waals surface area contributed by atoms with Gasteiger partial charge in [0.1, 0.15) is 10.8 Å². The highest BCUT2D eigenvalue weighted by Crippen LogP contribution is 2.38. The number of nitrogens with two attached hydrogens (primary N) is 1. The van der Waals surface area contributed by atoms with Crippen molar-refractivity contribution in [2.75, 3.05) is 23.7 Å². The Morgan fingerprint density at radius 3 is 2.77 bits per heavy atom. The Hall–Kier alpha value is -1.54. The lowest BCUT2D eigenvalue weighted by Gasteiger charge is -2.36. The Balaban J connectivity index is 1.89. The third-order valence-electron chi connectivity index (χ3n) is 4.77. The predicted molar refractivity (Wildman–Crippen MR) is 105 cm³/mol. The van der Waals surface area contributed by atoms with Gasteiger partial charge in [-0.15, -0.1) is 0 Å². The monoisotopic (exact) mass is 394 g/mol. The lowest BCUT2D eigenvalue weighted by Crippen LogP contribution is -2.73. The Morgan fingerprint density at radius 2 is 2.12 bits per heavy atom. The summed E-state index contributed by atoms with van der Waals surface area (Å²) in [5.41, 5.74) is 12.9. The van der Waals surface area contributed by atoms with Gasteiger partial charge in [-0.05, 0) is 31.5 Å². The molecule has 3 rings (SSSR count). The van der Waals surface area contributed by atoms with Crippen molar-refractivity contribution in [3.8, 4) is 0 Å². The summed E-state index contributed by atoms with van der Waals surface area (Å²) in [5, 5.41) is 11.1. The second kappa shape index (κ2) is 7.60. The van der Waals surface area contributed by atoms with Crippen LogP contribution in [0.1, 0.15) is 31.0 Å². The Morgan fingerprint density at radius 1 is 1.42 bits per heavy atom. The van der Waals surface area contributed by atoms with E-state index in [9.17, 15) is 5.11 Å². The largest absolute Gasteiger partial charge is 0.390 e. The summed E-state index contributed by atoms with van der Waals surface area (Å²) in [6, 6.07) is 3.92. The van der Waals surface area contributed by atoms with Crippen LogP contribution in [0.15, 0.2) is 28.3 Å². The summed E-state index contributed by atoms with van der Waals surface area (Å²) < 4.78 is 0. The molecule has 0 amide bonds. The summed E-state index contributed by atoms with van der Waals surface area (Å²) >= 11 is 7.69. The summed E-state index contributed by atoms with van der Waals surface area (Å²) in [4.78, 5) is 11.8. The molecular weight excluding hydrogens is 370 g/mol. The number of aliphatic hydroxyl groups excluding tert-OH is 1. The summed E-state index contributed by atoms with van der Waals surface area (Å²) in [5.74, 6) is 0.304. The first kappa shape index (κ1) is 19.2. The third kappa shape index (κ3) is 4.06. The number of nitrogen functional groups attached to an aromatic ring is 1. The van der Waals surface area contributed by atoms with Gasteiger partial charge < -0.3 is 21.5 Å². The van der Waals surface area contributed by atoms with E-state index in [2.05, 4.69) is 28.6 Å². The summed E-state index contributed by atoms with van der Waals surface area (Å²) in [7, 11) is 0. The molecule has 0 radical (unpaired) electrons. The SMILES string of the molecule is Cc1cc(N2CCC(C)([NH3+])CC2)c(CO)nc1Sc1ccnc(N)c1Cl. The van der Waals surface area contributed by atoms with Crippen LogP contribution in [0.2, 0.25) is 5.02 Å². The van der Waals surface area contributed by atoms with Crippen LogP contribution in [0.3, 0.4) is 0 Å². The maximum Gasteiger partial charge on any atom is 0.143 e. The van der Waals surface area contributed by atoms with E-state index in [1.54, 1.807) is 6.20 Å².